The largest absolute Gasteiger partial charge is 0.440 e. The first-order valence-electron chi connectivity index (χ1n) is 3.94. The van der Waals surface area contributed by atoms with Gasteiger partial charge in [-0.15, -0.1) is 0 Å². The third kappa shape index (κ3) is 2.57. The van der Waals surface area contributed by atoms with Crippen LogP contribution in [0, 0.1) is 10.1 Å². The molecule has 17 heavy (non-hydrogen) atoms. The summed E-state index contributed by atoms with van der Waals surface area (Å²) in [5.74, 6) is -1.09. The second kappa shape index (κ2) is 4.11. The molecule has 1 rings (SSSR count). The van der Waals surface area contributed by atoms with E-state index in [0.717, 1.165) is 0 Å². The summed E-state index contributed by atoms with van der Waals surface area (Å²) in [7, 11) is 0. The van der Waals surface area contributed by atoms with E-state index in [9.17, 15) is 32.1 Å². The molecule has 0 bridgehead atoms. The number of nitrogens with zero attached hydrogens (tertiary/aromatic N) is 2. The number of pyridine rings is 1. The topological polar surface area (TPSA) is 82.0 Å². The Morgan fingerprint density at radius 1 is 1.41 bits per heavy atom. The zero-order chi connectivity index (χ0) is 13.4. The molecule has 1 heterocycles. The van der Waals surface area contributed by atoms with Crippen molar-refractivity contribution >= 4 is 11.5 Å². The number of aromatic nitrogens is 1. The molecule has 10 heteroatoms. The molecule has 1 aromatic heterocycles. The van der Waals surface area contributed by atoms with Gasteiger partial charge in [0.05, 0.1) is 10.5 Å². The molecule has 0 unspecified atom stereocenters. The van der Waals surface area contributed by atoms with Crippen LogP contribution >= 0.6 is 0 Å². The highest BCUT2D eigenvalue weighted by molar-refractivity contribution is 5.51. The number of rotatable bonds is 2. The number of hydrogen-bond donors (Lipinski definition) is 1. The van der Waals surface area contributed by atoms with E-state index in [0.29, 0.717) is 0 Å². The Morgan fingerprint density at radius 3 is 2.29 bits per heavy atom. The molecule has 0 radical (unpaired) electrons. The van der Waals surface area contributed by atoms with Gasteiger partial charge >= 0.3 is 11.9 Å². The number of anilines is 1. The van der Waals surface area contributed by atoms with Gasteiger partial charge in [0.1, 0.15) is 5.82 Å². The summed E-state index contributed by atoms with van der Waals surface area (Å²) in [6.45, 7) is 0. The van der Waals surface area contributed by atoms with Crippen LogP contribution in [0.15, 0.2) is 6.07 Å². The van der Waals surface area contributed by atoms with Crippen molar-refractivity contribution in [2.24, 2.45) is 0 Å². The molecular weight excluding hydrogens is 253 g/mol. The minimum atomic E-state index is -5.14. The lowest BCUT2D eigenvalue weighted by Gasteiger charge is -2.09. The van der Waals surface area contributed by atoms with Gasteiger partial charge in [0.2, 0.25) is 5.69 Å². The fourth-order valence-corrected chi connectivity index (χ4v) is 1.05. The molecule has 0 amide bonds. The van der Waals surface area contributed by atoms with Crippen molar-refractivity contribution in [3.63, 3.8) is 0 Å². The average Bonchev–Trinajstić information content (AvgIpc) is 2.14. The number of halogens is 5. The van der Waals surface area contributed by atoms with Crippen LogP contribution < -0.4 is 5.73 Å². The summed E-state index contributed by atoms with van der Waals surface area (Å²) < 4.78 is 61.5. The summed E-state index contributed by atoms with van der Waals surface area (Å²) in [4.78, 5) is 11.5. The molecule has 0 aliphatic carbocycles. The summed E-state index contributed by atoms with van der Waals surface area (Å²) >= 11 is 0. The molecule has 1 aromatic rings. The summed E-state index contributed by atoms with van der Waals surface area (Å²) in [5, 5.41) is 10.3. The third-order valence-corrected chi connectivity index (χ3v) is 1.76. The Morgan fingerprint density at radius 2 is 1.94 bits per heavy atom. The smallest absolute Gasteiger partial charge is 0.383 e. The predicted octanol–water partition coefficient (Wildman–Crippen LogP) is 2.53. The highest BCUT2D eigenvalue weighted by Gasteiger charge is 2.41. The van der Waals surface area contributed by atoms with E-state index >= 15 is 0 Å². The maximum Gasteiger partial charge on any atom is 0.440 e. The average molecular weight is 257 g/mol. The first kappa shape index (κ1) is 13.1. The molecule has 5 nitrogen and oxygen atoms in total. The van der Waals surface area contributed by atoms with Crippen LogP contribution in [0.25, 0.3) is 0 Å². The van der Waals surface area contributed by atoms with Crippen LogP contribution in [0.5, 0.6) is 0 Å². The second-order valence-corrected chi connectivity index (χ2v) is 2.89. The monoisotopic (exact) mass is 257 g/mol. The van der Waals surface area contributed by atoms with E-state index in [2.05, 4.69) is 4.98 Å². The first-order chi connectivity index (χ1) is 7.64. The highest BCUT2D eigenvalue weighted by atomic mass is 19.4. The van der Waals surface area contributed by atoms with E-state index in [1.165, 1.54) is 0 Å². The molecule has 94 valence electrons. The SMILES string of the molecule is Nc1nc(C(F)(F)F)c([N+](=O)[O-])cc1C(F)F. The van der Waals surface area contributed by atoms with E-state index < -0.39 is 40.3 Å². The lowest BCUT2D eigenvalue weighted by atomic mass is 10.2. The number of nitrogens with two attached hydrogens (primary N) is 1. The van der Waals surface area contributed by atoms with Crippen LogP contribution in [-0.2, 0) is 6.18 Å². The molecule has 0 spiro atoms. The Bertz CT molecular complexity index is 460. The lowest BCUT2D eigenvalue weighted by molar-refractivity contribution is -0.388. The number of nitro groups is 1. The minimum absolute atomic E-state index is 0.0792. The Hall–Kier alpha value is -2.00. The molecule has 0 fully saturated rings. The van der Waals surface area contributed by atoms with E-state index in [1.54, 1.807) is 0 Å². The Kier molecular flexibility index (Phi) is 3.16. The van der Waals surface area contributed by atoms with E-state index in [-0.39, 0.29) is 6.07 Å². The molecule has 0 saturated carbocycles. The van der Waals surface area contributed by atoms with Gasteiger partial charge in [-0.25, -0.2) is 13.8 Å². The Balaban J connectivity index is 3.53. The van der Waals surface area contributed by atoms with Crippen molar-refractivity contribution in [3.05, 3.63) is 27.4 Å². The first-order valence-corrected chi connectivity index (χ1v) is 3.94. The molecule has 0 atom stereocenters. The minimum Gasteiger partial charge on any atom is -0.383 e. The number of nitrogen functional groups attached to an aromatic ring is 1. The van der Waals surface area contributed by atoms with Crippen molar-refractivity contribution in [1.82, 2.24) is 4.98 Å². The molecular formula is C7H4F5N3O2. The van der Waals surface area contributed by atoms with Crippen LogP contribution in [-0.4, -0.2) is 9.91 Å². The van der Waals surface area contributed by atoms with Crippen molar-refractivity contribution < 1.29 is 26.9 Å². The lowest BCUT2D eigenvalue weighted by Crippen LogP contribution is -2.14. The standard InChI is InChI=1S/C7H4F5N3O2/c8-5(9)2-1-3(15(16)17)4(7(10,11)12)14-6(2)13/h1,5H,(H2,13,14). The Labute approximate surface area is 90.2 Å². The normalized spacial score (nSPS) is 11.9. The van der Waals surface area contributed by atoms with Gasteiger partial charge < -0.3 is 5.73 Å². The number of alkyl halides is 5. The van der Waals surface area contributed by atoms with Gasteiger partial charge in [-0.3, -0.25) is 10.1 Å². The predicted molar refractivity (Wildman–Crippen MR) is 45.3 cm³/mol. The molecule has 0 aromatic carbocycles. The number of hydrogen-bond acceptors (Lipinski definition) is 4. The van der Waals surface area contributed by atoms with Crippen LogP contribution in [0.1, 0.15) is 17.7 Å². The maximum atomic E-state index is 12.3. The van der Waals surface area contributed by atoms with Crippen LogP contribution in [0.4, 0.5) is 33.5 Å². The van der Waals surface area contributed by atoms with Crippen LogP contribution in [0.2, 0.25) is 0 Å². The van der Waals surface area contributed by atoms with E-state index in [4.69, 9.17) is 5.73 Å². The van der Waals surface area contributed by atoms with Crippen molar-refractivity contribution in [2.75, 3.05) is 5.73 Å². The molecule has 0 aliphatic heterocycles. The second-order valence-electron chi connectivity index (χ2n) is 2.89. The fraction of sp³-hybridized carbons (Fsp3) is 0.286. The summed E-state index contributed by atoms with van der Waals surface area (Å²) in [6, 6.07) is 0.0792. The fourth-order valence-electron chi connectivity index (χ4n) is 1.05. The summed E-state index contributed by atoms with van der Waals surface area (Å²) in [5.41, 5.74) is 0.315. The van der Waals surface area contributed by atoms with Gasteiger partial charge in [-0.05, 0) is 0 Å². The highest BCUT2D eigenvalue weighted by Crippen LogP contribution is 2.38. The quantitative estimate of drug-likeness (QED) is 0.501. The summed E-state index contributed by atoms with van der Waals surface area (Å²) in [6.07, 6.45) is -8.39. The van der Waals surface area contributed by atoms with Gasteiger partial charge in [0, 0.05) is 6.07 Å². The maximum absolute atomic E-state index is 12.3. The zero-order valence-electron chi connectivity index (χ0n) is 7.83. The van der Waals surface area contributed by atoms with Gasteiger partial charge in [0.15, 0.2) is 0 Å². The van der Waals surface area contributed by atoms with Crippen molar-refractivity contribution in [2.45, 2.75) is 12.6 Å². The molecule has 0 aliphatic rings. The van der Waals surface area contributed by atoms with Gasteiger partial charge in [-0.1, -0.05) is 0 Å². The van der Waals surface area contributed by atoms with E-state index in [1.807, 2.05) is 0 Å². The molecule has 2 N–H and O–H groups in total. The molecule has 0 saturated heterocycles. The van der Waals surface area contributed by atoms with Crippen molar-refractivity contribution in [1.29, 1.82) is 0 Å². The van der Waals surface area contributed by atoms with Gasteiger partial charge in [-0.2, -0.15) is 13.2 Å². The zero-order valence-corrected chi connectivity index (χ0v) is 7.83. The van der Waals surface area contributed by atoms with Gasteiger partial charge in [0.25, 0.3) is 6.43 Å². The van der Waals surface area contributed by atoms with Crippen molar-refractivity contribution in [3.8, 4) is 0 Å². The third-order valence-electron chi connectivity index (χ3n) is 1.76. The van der Waals surface area contributed by atoms with Crippen LogP contribution in [0.3, 0.4) is 0 Å².